The Hall–Kier alpha value is -2.45. The number of hydrogen-bond donors (Lipinski definition) is 1. The third-order valence-electron chi connectivity index (χ3n) is 4.20. The van der Waals surface area contributed by atoms with Crippen LogP contribution < -0.4 is 10.2 Å². The molecular formula is C21H25N3OS. The van der Waals surface area contributed by atoms with Gasteiger partial charge in [0.15, 0.2) is 0 Å². The highest BCUT2D eigenvalue weighted by Crippen LogP contribution is 2.23. The van der Waals surface area contributed by atoms with Gasteiger partial charge in [-0.1, -0.05) is 12.1 Å². The van der Waals surface area contributed by atoms with Crippen LogP contribution in [0.2, 0.25) is 0 Å². The second-order valence-corrected chi connectivity index (χ2v) is 7.01. The van der Waals surface area contributed by atoms with Crippen LogP contribution in [-0.4, -0.2) is 24.7 Å². The molecule has 2 aromatic carbocycles. The van der Waals surface area contributed by atoms with E-state index in [-0.39, 0.29) is 5.91 Å². The molecule has 5 heteroatoms. The number of thioether (sulfide) groups is 1. The number of carbonyl (C=O) groups is 1. The number of rotatable bonds is 8. The fourth-order valence-corrected chi connectivity index (χ4v) is 3.48. The van der Waals surface area contributed by atoms with Crippen molar-refractivity contribution >= 4 is 29.0 Å². The van der Waals surface area contributed by atoms with Crippen molar-refractivity contribution in [2.45, 2.75) is 26.5 Å². The van der Waals surface area contributed by atoms with Gasteiger partial charge >= 0.3 is 0 Å². The zero-order chi connectivity index (χ0) is 18.9. The van der Waals surface area contributed by atoms with Crippen molar-refractivity contribution in [2.75, 3.05) is 29.1 Å². The van der Waals surface area contributed by atoms with E-state index in [1.54, 1.807) is 23.9 Å². The van der Waals surface area contributed by atoms with Crippen LogP contribution in [0, 0.1) is 18.3 Å². The van der Waals surface area contributed by atoms with E-state index in [9.17, 15) is 4.79 Å². The molecule has 4 nitrogen and oxygen atoms in total. The van der Waals surface area contributed by atoms with Gasteiger partial charge in [-0.05, 0) is 62.2 Å². The average molecular weight is 368 g/mol. The van der Waals surface area contributed by atoms with E-state index in [1.165, 1.54) is 5.69 Å². The fraction of sp³-hybridized carbons (Fsp3) is 0.333. The molecule has 0 fully saturated rings. The number of amides is 1. The smallest absolute Gasteiger partial charge is 0.234 e. The normalized spacial score (nSPS) is 10.2. The van der Waals surface area contributed by atoms with Gasteiger partial charge in [-0.2, -0.15) is 5.26 Å². The van der Waals surface area contributed by atoms with E-state index in [0.29, 0.717) is 11.3 Å². The molecule has 0 atom stereocenters. The zero-order valence-corrected chi connectivity index (χ0v) is 16.4. The number of hydrogen-bond acceptors (Lipinski definition) is 4. The number of nitriles is 1. The summed E-state index contributed by atoms with van der Waals surface area (Å²) >= 11 is 1.57. The summed E-state index contributed by atoms with van der Waals surface area (Å²) < 4.78 is 0. The second kappa shape index (κ2) is 9.88. The van der Waals surface area contributed by atoms with Gasteiger partial charge in [-0.25, -0.2) is 0 Å². The average Bonchev–Trinajstić information content (AvgIpc) is 2.65. The monoisotopic (exact) mass is 367 g/mol. The molecule has 26 heavy (non-hydrogen) atoms. The first kappa shape index (κ1) is 19.9. The Labute approximate surface area is 160 Å². The predicted octanol–water partition coefficient (Wildman–Crippen LogP) is 4.58. The van der Waals surface area contributed by atoms with Crippen LogP contribution >= 0.6 is 11.8 Å². The topological polar surface area (TPSA) is 56.1 Å². The van der Waals surface area contributed by atoms with Crippen molar-refractivity contribution in [1.82, 2.24) is 0 Å². The molecule has 1 amide bonds. The Morgan fingerprint density at radius 1 is 1.15 bits per heavy atom. The van der Waals surface area contributed by atoms with Crippen LogP contribution in [0.25, 0.3) is 0 Å². The lowest BCUT2D eigenvalue weighted by Gasteiger charge is -2.22. The summed E-state index contributed by atoms with van der Waals surface area (Å²) in [4.78, 5) is 14.5. The van der Waals surface area contributed by atoms with E-state index in [0.717, 1.165) is 35.7 Å². The minimum absolute atomic E-state index is 0.00216. The van der Waals surface area contributed by atoms with E-state index in [1.807, 2.05) is 25.1 Å². The first-order valence-corrected chi connectivity index (χ1v) is 9.95. The van der Waals surface area contributed by atoms with E-state index in [4.69, 9.17) is 5.26 Å². The molecule has 0 aliphatic carbocycles. The molecule has 136 valence electrons. The van der Waals surface area contributed by atoms with Crippen molar-refractivity contribution in [3.05, 3.63) is 59.2 Å². The molecule has 0 aliphatic rings. The molecule has 0 radical (unpaired) electrons. The van der Waals surface area contributed by atoms with Crippen LogP contribution in [0.5, 0.6) is 0 Å². The molecule has 0 aromatic heterocycles. The Kier molecular flexibility index (Phi) is 7.55. The number of carbonyl (C=O) groups excluding carboxylic acids is 1. The summed E-state index contributed by atoms with van der Waals surface area (Å²) in [6, 6.07) is 15.7. The van der Waals surface area contributed by atoms with Crippen molar-refractivity contribution in [3.8, 4) is 6.07 Å². The summed E-state index contributed by atoms with van der Waals surface area (Å²) in [6.07, 6.45) is 0. The van der Waals surface area contributed by atoms with Gasteiger partial charge in [-0.15, -0.1) is 11.8 Å². The van der Waals surface area contributed by atoms with Crippen LogP contribution in [0.4, 0.5) is 11.4 Å². The van der Waals surface area contributed by atoms with Crippen molar-refractivity contribution < 1.29 is 4.79 Å². The lowest BCUT2D eigenvalue weighted by atomic mass is 10.1. The van der Waals surface area contributed by atoms with Crippen LogP contribution in [-0.2, 0) is 10.5 Å². The van der Waals surface area contributed by atoms with Gasteiger partial charge in [0, 0.05) is 30.2 Å². The third-order valence-corrected chi connectivity index (χ3v) is 5.20. The minimum Gasteiger partial charge on any atom is -0.372 e. The minimum atomic E-state index is 0.00216. The van der Waals surface area contributed by atoms with Gasteiger partial charge in [0.1, 0.15) is 0 Å². The van der Waals surface area contributed by atoms with Crippen LogP contribution in [0.15, 0.2) is 42.5 Å². The van der Waals surface area contributed by atoms with Crippen LogP contribution in [0.1, 0.15) is 30.5 Å². The number of nitrogens with zero attached hydrogens (tertiary/aromatic N) is 2. The zero-order valence-electron chi connectivity index (χ0n) is 15.6. The van der Waals surface area contributed by atoms with Crippen molar-refractivity contribution in [3.63, 3.8) is 0 Å². The second-order valence-electron chi connectivity index (χ2n) is 6.02. The number of anilines is 2. The van der Waals surface area contributed by atoms with Crippen LogP contribution in [0.3, 0.4) is 0 Å². The standard InChI is InChI=1S/C21H25N3OS/c1-4-24(5-2)19-10-11-20(16(3)12-19)23-21(25)15-26-14-18-8-6-17(13-22)7-9-18/h6-12H,4-5,14-15H2,1-3H3,(H,23,25). The highest BCUT2D eigenvalue weighted by atomic mass is 32.2. The maximum absolute atomic E-state index is 12.2. The summed E-state index contributed by atoms with van der Waals surface area (Å²) in [6.45, 7) is 8.23. The van der Waals surface area contributed by atoms with E-state index >= 15 is 0 Å². The largest absolute Gasteiger partial charge is 0.372 e. The number of nitrogens with one attached hydrogen (secondary N) is 1. The number of benzene rings is 2. The fourth-order valence-electron chi connectivity index (χ4n) is 2.70. The lowest BCUT2D eigenvalue weighted by molar-refractivity contribution is -0.113. The van der Waals surface area contributed by atoms with Crippen molar-refractivity contribution in [1.29, 1.82) is 5.26 Å². The van der Waals surface area contributed by atoms with Gasteiger partial charge < -0.3 is 10.2 Å². The molecule has 0 saturated carbocycles. The predicted molar refractivity (Wildman–Crippen MR) is 111 cm³/mol. The first-order chi connectivity index (χ1) is 12.6. The molecule has 2 aromatic rings. The summed E-state index contributed by atoms with van der Waals surface area (Å²) in [5.41, 5.74) is 4.88. The molecular weight excluding hydrogens is 342 g/mol. The molecule has 1 N–H and O–H groups in total. The van der Waals surface area contributed by atoms with Gasteiger partial charge in [0.25, 0.3) is 0 Å². The molecule has 0 bridgehead atoms. The highest BCUT2D eigenvalue weighted by molar-refractivity contribution is 7.99. The molecule has 2 rings (SSSR count). The molecule has 0 spiro atoms. The molecule has 0 aliphatic heterocycles. The maximum Gasteiger partial charge on any atom is 0.234 e. The maximum atomic E-state index is 12.2. The summed E-state index contributed by atoms with van der Waals surface area (Å²) in [7, 11) is 0. The Morgan fingerprint density at radius 2 is 1.85 bits per heavy atom. The van der Waals surface area contributed by atoms with Gasteiger partial charge in [-0.3, -0.25) is 4.79 Å². The Morgan fingerprint density at radius 3 is 2.42 bits per heavy atom. The van der Waals surface area contributed by atoms with Crippen molar-refractivity contribution in [2.24, 2.45) is 0 Å². The van der Waals surface area contributed by atoms with E-state index < -0.39 is 0 Å². The molecule has 0 heterocycles. The van der Waals surface area contributed by atoms with Gasteiger partial charge in [0.05, 0.1) is 17.4 Å². The SMILES string of the molecule is CCN(CC)c1ccc(NC(=O)CSCc2ccc(C#N)cc2)c(C)c1. The molecule has 0 saturated heterocycles. The summed E-state index contributed by atoms with van der Waals surface area (Å²) in [5, 5.41) is 11.8. The Balaban J connectivity index is 1.86. The van der Waals surface area contributed by atoms with Gasteiger partial charge in [0.2, 0.25) is 5.91 Å². The number of aryl methyl sites for hydroxylation is 1. The highest BCUT2D eigenvalue weighted by Gasteiger charge is 2.08. The Bertz CT molecular complexity index is 777. The van der Waals surface area contributed by atoms with E-state index in [2.05, 4.69) is 42.3 Å². The first-order valence-electron chi connectivity index (χ1n) is 8.79. The summed E-state index contributed by atoms with van der Waals surface area (Å²) in [5.74, 6) is 1.15. The third kappa shape index (κ3) is 5.53. The quantitative estimate of drug-likeness (QED) is 0.742. The lowest BCUT2D eigenvalue weighted by Crippen LogP contribution is -2.22. The molecule has 0 unspecified atom stereocenters.